The minimum atomic E-state index is -1.29. The lowest BCUT2D eigenvalue weighted by Crippen LogP contribution is -2.53. The molecule has 0 aromatic rings. The number of aliphatic hydroxyl groups is 1. The first-order valence-electron chi connectivity index (χ1n) is 5.44. The molecule has 0 aromatic carbocycles. The minimum absolute atomic E-state index is 0.0524. The molecule has 0 heterocycles. The van der Waals surface area contributed by atoms with Gasteiger partial charge in [-0.05, 0) is 19.6 Å². The fourth-order valence-electron chi connectivity index (χ4n) is 1.13. The first kappa shape index (κ1) is 16.1. The first-order valence-corrected chi connectivity index (χ1v) is 6.59. The van der Waals surface area contributed by atoms with Gasteiger partial charge in [-0.3, -0.25) is 0 Å². The van der Waals surface area contributed by atoms with Gasteiger partial charge in [-0.2, -0.15) is 11.8 Å². The van der Waals surface area contributed by atoms with E-state index in [1.807, 2.05) is 13.8 Å². The second-order valence-corrected chi connectivity index (χ2v) is 5.05. The third-order valence-corrected chi connectivity index (χ3v) is 3.13. The van der Waals surface area contributed by atoms with E-state index < -0.39 is 24.1 Å². The van der Waals surface area contributed by atoms with E-state index in [1.54, 1.807) is 11.8 Å². The molecular weight excluding hydrogens is 244 g/mol. The number of nitrogens with one attached hydrogen (secondary N) is 2. The van der Waals surface area contributed by atoms with Crippen LogP contribution in [-0.2, 0) is 4.79 Å². The average Bonchev–Trinajstić information content (AvgIpc) is 2.22. The van der Waals surface area contributed by atoms with E-state index in [4.69, 9.17) is 5.11 Å². The SMILES string of the molecule is CCSCC(C)NC(=O)N[C@H](C(=O)O)[C@@H](C)O. The van der Waals surface area contributed by atoms with E-state index in [0.29, 0.717) is 0 Å². The maximum Gasteiger partial charge on any atom is 0.328 e. The summed E-state index contributed by atoms with van der Waals surface area (Å²) in [5.74, 6) is 0.459. The monoisotopic (exact) mass is 264 g/mol. The smallest absolute Gasteiger partial charge is 0.328 e. The molecule has 0 aliphatic carbocycles. The first-order chi connectivity index (χ1) is 7.88. The highest BCUT2D eigenvalue weighted by molar-refractivity contribution is 7.99. The van der Waals surface area contributed by atoms with Gasteiger partial charge in [0, 0.05) is 11.8 Å². The second-order valence-electron chi connectivity index (χ2n) is 3.73. The number of thioether (sulfide) groups is 1. The molecule has 1 unspecified atom stereocenters. The molecule has 2 amide bonds. The van der Waals surface area contributed by atoms with E-state index in [2.05, 4.69) is 10.6 Å². The standard InChI is InChI=1S/C10H20N2O4S/c1-4-17-5-6(2)11-10(16)12-8(7(3)13)9(14)15/h6-8,13H,4-5H2,1-3H3,(H,14,15)(H2,11,12,16)/t6?,7-,8+/m1/s1. The number of hydrogen-bond donors (Lipinski definition) is 4. The molecule has 0 rings (SSSR count). The Kier molecular flexibility index (Phi) is 7.73. The molecule has 0 saturated heterocycles. The fourth-order valence-corrected chi connectivity index (χ4v) is 1.80. The molecule has 0 aliphatic heterocycles. The number of carbonyl (C=O) groups is 2. The predicted molar refractivity (Wildman–Crippen MR) is 67.2 cm³/mol. The number of aliphatic hydroxyl groups excluding tert-OH is 1. The van der Waals surface area contributed by atoms with Crippen LogP contribution in [0.15, 0.2) is 0 Å². The lowest BCUT2D eigenvalue weighted by atomic mass is 10.2. The van der Waals surface area contributed by atoms with Crippen LogP contribution < -0.4 is 10.6 Å². The number of carbonyl (C=O) groups excluding carboxylic acids is 1. The van der Waals surface area contributed by atoms with Crippen molar-refractivity contribution in [3.8, 4) is 0 Å². The van der Waals surface area contributed by atoms with Gasteiger partial charge in [0.25, 0.3) is 0 Å². The number of hydrogen-bond acceptors (Lipinski definition) is 4. The van der Waals surface area contributed by atoms with Crippen molar-refractivity contribution >= 4 is 23.8 Å². The molecule has 3 atom stereocenters. The van der Waals surface area contributed by atoms with E-state index in [-0.39, 0.29) is 6.04 Å². The minimum Gasteiger partial charge on any atom is -0.480 e. The summed E-state index contributed by atoms with van der Waals surface area (Å²) >= 11 is 1.68. The van der Waals surface area contributed by atoms with Gasteiger partial charge in [0.1, 0.15) is 0 Å². The highest BCUT2D eigenvalue weighted by atomic mass is 32.2. The molecular formula is C10H20N2O4S. The summed E-state index contributed by atoms with van der Waals surface area (Å²) in [6.07, 6.45) is -1.14. The molecule has 0 saturated carbocycles. The van der Waals surface area contributed by atoms with Crippen LogP contribution in [0.4, 0.5) is 4.79 Å². The van der Waals surface area contributed by atoms with Gasteiger partial charge in [0.2, 0.25) is 0 Å². The molecule has 17 heavy (non-hydrogen) atoms. The molecule has 0 fully saturated rings. The zero-order valence-electron chi connectivity index (χ0n) is 10.3. The van der Waals surface area contributed by atoms with Gasteiger partial charge in [-0.1, -0.05) is 6.92 Å². The normalized spacial score (nSPS) is 15.8. The number of amides is 2. The maximum atomic E-state index is 11.4. The van der Waals surface area contributed by atoms with Crippen LogP contribution in [-0.4, -0.2) is 51.9 Å². The highest BCUT2D eigenvalue weighted by Crippen LogP contribution is 2.01. The van der Waals surface area contributed by atoms with Crippen molar-refractivity contribution in [2.75, 3.05) is 11.5 Å². The summed E-state index contributed by atoms with van der Waals surface area (Å²) in [7, 11) is 0. The van der Waals surface area contributed by atoms with Crippen molar-refractivity contribution in [2.24, 2.45) is 0 Å². The molecule has 100 valence electrons. The third kappa shape index (κ3) is 7.06. The Labute approximate surface area is 105 Å². The Morgan fingerprint density at radius 1 is 1.29 bits per heavy atom. The summed E-state index contributed by atoms with van der Waals surface area (Å²) in [5, 5.41) is 22.8. The van der Waals surface area contributed by atoms with Crippen LogP contribution in [0.3, 0.4) is 0 Å². The molecule has 7 heteroatoms. The van der Waals surface area contributed by atoms with Gasteiger partial charge in [0.05, 0.1) is 6.10 Å². The molecule has 4 N–H and O–H groups in total. The topological polar surface area (TPSA) is 98.7 Å². The molecule has 0 spiro atoms. The predicted octanol–water partition coefficient (Wildman–Crippen LogP) is 0.261. The maximum absolute atomic E-state index is 11.4. The van der Waals surface area contributed by atoms with Crippen molar-refractivity contribution < 1.29 is 19.8 Å². The lowest BCUT2D eigenvalue weighted by Gasteiger charge is -2.19. The van der Waals surface area contributed by atoms with Gasteiger partial charge in [-0.15, -0.1) is 0 Å². The average molecular weight is 264 g/mol. The van der Waals surface area contributed by atoms with Crippen molar-refractivity contribution in [2.45, 2.75) is 39.0 Å². The van der Waals surface area contributed by atoms with E-state index in [1.165, 1.54) is 6.92 Å². The Morgan fingerprint density at radius 3 is 2.29 bits per heavy atom. The van der Waals surface area contributed by atoms with Crippen LogP contribution in [0.25, 0.3) is 0 Å². The molecule has 6 nitrogen and oxygen atoms in total. The molecule has 0 aliphatic rings. The summed E-state index contributed by atoms with van der Waals surface area (Å²) in [4.78, 5) is 22.2. The summed E-state index contributed by atoms with van der Waals surface area (Å²) in [5.41, 5.74) is 0. The van der Waals surface area contributed by atoms with Crippen molar-refractivity contribution in [1.29, 1.82) is 0 Å². The van der Waals surface area contributed by atoms with Gasteiger partial charge in [0.15, 0.2) is 6.04 Å². The van der Waals surface area contributed by atoms with Crippen LogP contribution in [0.1, 0.15) is 20.8 Å². The molecule has 0 bridgehead atoms. The largest absolute Gasteiger partial charge is 0.480 e. The zero-order chi connectivity index (χ0) is 13.4. The Hall–Kier alpha value is -0.950. The Bertz CT molecular complexity index is 261. The number of urea groups is 1. The van der Waals surface area contributed by atoms with Crippen LogP contribution in [0, 0.1) is 0 Å². The van der Waals surface area contributed by atoms with Gasteiger partial charge < -0.3 is 20.8 Å². The lowest BCUT2D eigenvalue weighted by molar-refractivity contribution is -0.141. The van der Waals surface area contributed by atoms with E-state index in [9.17, 15) is 14.7 Å². The van der Waals surface area contributed by atoms with Crippen molar-refractivity contribution in [1.82, 2.24) is 10.6 Å². The molecule has 0 aromatic heterocycles. The third-order valence-electron chi connectivity index (χ3n) is 1.98. The Morgan fingerprint density at radius 2 is 1.88 bits per heavy atom. The van der Waals surface area contributed by atoms with E-state index in [0.717, 1.165) is 11.5 Å². The van der Waals surface area contributed by atoms with Crippen LogP contribution >= 0.6 is 11.8 Å². The van der Waals surface area contributed by atoms with E-state index >= 15 is 0 Å². The molecule has 0 radical (unpaired) electrons. The quantitative estimate of drug-likeness (QED) is 0.529. The van der Waals surface area contributed by atoms with Crippen LogP contribution in [0.5, 0.6) is 0 Å². The number of carboxylic acids is 1. The van der Waals surface area contributed by atoms with Crippen LogP contribution in [0.2, 0.25) is 0 Å². The van der Waals surface area contributed by atoms with Gasteiger partial charge >= 0.3 is 12.0 Å². The number of aliphatic carboxylic acids is 1. The number of rotatable bonds is 7. The van der Waals surface area contributed by atoms with Crippen molar-refractivity contribution in [3.63, 3.8) is 0 Å². The summed E-state index contributed by atoms with van der Waals surface area (Å²) in [6, 6.07) is -1.92. The Balaban J connectivity index is 4.10. The summed E-state index contributed by atoms with van der Waals surface area (Å²) in [6.45, 7) is 5.17. The van der Waals surface area contributed by atoms with Crippen molar-refractivity contribution in [3.05, 3.63) is 0 Å². The number of carboxylic acid groups (broad SMARTS) is 1. The highest BCUT2D eigenvalue weighted by Gasteiger charge is 2.25. The van der Waals surface area contributed by atoms with Gasteiger partial charge in [-0.25, -0.2) is 9.59 Å². The fraction of sp³-hybridized carbons (Fsp3) is 0.800. The summed E-state index contributed by atoms with van der Waals surface area (Å²) < 4.78 is 0. The zero-order valence-corrected chi connectivity index (χ0v) is 11.1. The second kappa shape index (κ2) is 8.19.